The number of hydrogen-bond acceptors (Lipinski definition) is 2. The monoisotopic (exact) mass is 314 g/mol. The summed E-state index contributed by atoms with van der Waals surface area (Å²) in [6.45, 7) is 7.71. The maximum atomic E-state index is 5.22. The van der Waals surface area contributed by atoms with Crippen molar-refractivity contribution in [3.63, 3.8) is 0 Å². The molecule has 0 nitrogen and oxygen atoms in total. The van der Waals surface area contributed by atoms with E-state index in [0.29, 0.717) is 0 Å². The summed E-state index contributed by atoms with van der Waals surface area (Å²) in [5.74, 6) is 1.07. The van der Waals surface area contributed by atoms with Crippen LogP contribution in [0.15, 0.2) is 66.4 Å². The number of thioether (sulfide) groups is 1. The molecule has 0 saturated heterocycles. The van der Waals surface area contributed by atoms with Crippen molar-refractivity contribution in [2.45, 2.75) is 26.7 Å². The molecule has 0 spiro atoms. The summed E-state index contributed by atoms with van der Waals surface area (Å²) in [6.07, 6.45) is 8.87. The number of rotatable bonds is 3. The Kier molecular flexibility index (Phi) is 8.77. The Hall–Kier alpha value is -1.34. The molecule has 0 radical (unpaired) electrons. The van der Waals surface area contributed by atoms with E-state index in [-0.39, 0.29) is 0 Å². The first-order valence-corrected chi connectivity index (χ1v) is 8.54. The molecule has 0 unspecified atom stereocenters. The van der Waals surface area contributed by atoms with Gasteiger partial charge in [0.25, 0.3) is 0 Å². The first-order valence-electron chi connectivity index (χ1n) is 7.15. The highest BCUT2D eigenvalue weighted by Gasteiger charge is 2.02. The summed E-state index contributed by atoms with van der Waals surface area (Å²) < 4.78 is 1.04. The maximum Gasteiger partial charge on any atom is 0.0774 e. The molecule has 2 rings (SSSR count). The summed E-state index contributed by atoms with van der Waals surface area (Å²) in [7, 11) is 0. The van der Waals surface area contributed by atoms with E-state index in [1.807, 2.05) is 37.3 Å². The van der Waals surface area contributed by atoms with Gasteiger partial charge in [0.05, 0.1) is 4.20 Å². The van der Waals surface area contributed by atoms with Gasteiger partial charge in [-0.15, -0.1) is 17.5 Å². The highest BCUT2D eigenvalue weighted by atomic mass is 32.2. The second-order valence-corrected chi connectivity index (χ2v) is 6.47. The van der Waals surface area contributed by atoms with Crippen molar-refractivity contribution < 1.29 is 0 Å². The van der Waals surface area contributed by atoms with E-state index in [4.69, 9.17) is 12.2 Å². The van der Waals surface area contributed by atoms with Gasteiger partial charge in [0.1, 0.15) is 0 Å². The predicted molar refractivity (Wildman–Crippen MR) is 102 cm³/mol. The molecule has 2 heteroatoms. The molecule has 0 aliphatic heterocycles. The van der Waals surface area contributed by atoms with Gasteiger partial charge in [0, 0.05) is 0 Å². The van der Waals surface area contributed by atoms with Gasteiger partial charge in [0.15, 0.2) is 0 Å². The zero-order valence-corrected chi connectivity index (χ0v) is 14.4. The fraction of sp³-hybridized carbons (Fsp3) is 0.263. The molecule has 1 aliphatic rings. The molecule has 1 aliphatic carbocycles. The third-order valence-corrected chi connectivity index (χ3v) is 4.35. The zero-order chi connectivity index (χ0) is 15.5. The standard InChI is InChI=1S/C10H10.C9H12S2/c1-3-9(2)10-7-5-4-6-8-10;1-2-11-9(10)8-6-4-3-5-7-8/h4-8H,1H2,2H3;4,6-7H,2-3,5H2,1H3. The summed E-state index contributed by atoms with van der Waals surface area (Å²) in [6, 6.07) is 10.1. The lowest BCUT2D eigenvalue weighted by Gasteiger charge is -2.06. The summed E-state index contributed by atoms with van der Waals surface area (Å²) in [4.78, 5) is 0. The first kappa shape index (κ1) is 17.7. The zero-order valence-electron chi connectivity index (χ0n) is 12.8. The molecule has 0 aromatic heterocycles. The maximum absolute atomic E-state index is 5.22. The van der Waals surface area contributed by atoms with Gasteiger partial charge in [-0.25, -0.2) is 0 Å². The normalized spacial score (nSPS) is 12.6. The minimum atomic E-state index is 1.04. The highest BCUT2D eigenvalue weighted by Crippen LogP contribution is 2.18. The van der Waals surface area contributed by atoms with Crippen molar-refractivity contribution in [2.75, 3.05) is 5.75 Å². The Morgan fingerprint density at radius 2 is 2.00 bits per heavy atom. The van der Waals surface area contributed by atoms with Crippen molar-refractivity contribution in [3.8, 4) is 0 Å². The Morgan fingerprint density at radius 3 is 2.52 bits per heavy atom. The Bertz CT molecular complexity index is 558. The van der Waals surface area contributed by atoms with Crippen LogP contribution in [0.2, 0.25) is 0 Å². The molecule has 0 heterocycles. The molecule has 0 fully saturated rings. The van der Waals surface area contributed by atoms with Crippen molar-refractivity contribution in [3.05, 3.63) is 72.0 Å². The minimum Gasteiger partial charge on any atom is -0.125 e. The fourth-order valence-corrected chi connectivity index (χ4v) is 2.85. The number of hydrogen-bond donors (Lipinski definition) is 0. The lowest BCUT2D eigenvalue weighted by molar-refractivity contribution is 1.03. The van der Waals surface area contributed by atoms with E-state index in [1.54, 1.807) is 11.8 Å². The van der Waals surface area contributed by atoms with E-state index in [0.717, 1.165) is 21.9 Å². The Morgan fingerprint density at radius 1 is 1.29 bits per heavy atom. The van der Waals surface area contributed by atoms with Gasteiger partial charge < -0.3 is 0 Å². The van der Waals surface area contributed by atoms with Crippen LogP contribution >= 0.6 is 24.0 Å². The van der Waals surface area contributed by atoms with E-state index in [1.165, 1.54) is 17.6 Å². The summed E-state index contributed by atoms with van der Waals surface area (Å²) >= 11 is 6.97. The third-order valence-electron chi connectivity index (χ3n) is 2.98. The molecule has 0 bridgehead atoms. The van der Waals surface area contributed by atoms with Crippen LogP contribution in [0.25, 0.3) is 5.57 Å². The molecule has 0 N–H and O–H groups in total. The second-order valence-electron chi connectivity index (χ2n) is 4.53. The van der Waals surface area contributed by atoms with E-state index < -0.39 is 0 Å². The van der Waals surface area contributed by atoms with Crippen LogP contribution in [0.1, 0.15) is 32.3 Å². The van der Waals surface area contributed by atoms with Crippen molar-refractivity contribution in [2.24, 2.45) is 0 Å². The largest absolute Gasteiger partial charge is 0.125 e. The van der Waals surface area contributed by atoms with Crippen LogP contribution < -0.4 is 0 Å². The van der Waals surface area contributed by atoms with Crippen molar-refractivity contribution >= 4 is 33.7 Å². The van der Waals surface area contributed by atoms with Crippen molar-refractivity contribution in [1.29, 1.82) is 0 Å². The molecule has 1 aromatic rings. The molecule has 1 aromatic carbocycles. The molecule has 110 valence electrons. The van der Waals surface area contributed by atoms with Gasteiger partial charge in [-0.1, -0.05) is 74.3 Å². The molecule has 0 saturated carbocycles. The quantitative estimate of drug-likeness (QED) is 0.480. The van der Waals surface area contributed by atoms with Gasteiger partial charge in [-0.2, -0.15) is 0 Å². The van der Waals surface area contributed by atoms with Crippen LogP contribution in [-0.4, -0.2) is 9.95 Å². The average molecular weight is 315 g/mol. The second kappa shape index (κ2) is 10.4. The first-order chi connectivity index (χ1) is 10.2. The number of benzene rings is 1. The Balaban J connectivity index is 0.000000211. The Labute approximate surface area is 138 Å². The van der Waals surface area contributed by atoms with Gasteiger partial charge >= 0.3 is 0 Å². The van der Waals surface area contributed by atoms with Crippen LogP contribution in [0.4, 0.5) is 0 Å². The van der Waals surface area contributed by atoms with Crippen molar-refractivity contribution in [1.82, 2.24) is 0 Å². The predicted octanol–water partition coefficient (Wildman–Crippen LogP) is 6.22. The minimum absolute atomic E-state index is 1.04. The van der Waals surface area contributed by atoms with Crippen LogP contribution in [-0.2, 0) is 0 Å². The summed E-state index contributed by atoms with van der Waals surface area (Å²) in [5, 5.41) is 0. The molecule has 0 atom stereocenters. The fourth-order valence-electron chi connectivity index (χ4n) is 1.77. The number of allylic oxidation sites excluding steroid dienone is 4. The van der Waals surface area contributed by atoms with Gasteiger partial charge in [0.2, 0.25) is 0 Å². The lowest BCUT2D eigenvalue weighted by Crippen LogP contribution is -1.94. The molecule has 21 heavy (non-hydrogen) atoms. The smallest absolute Gasteiger partial charge is 0.0774 e. The third kappa shape index (κ3) is 6.77. The average Bonchev–Trinajstić information content (AvgIpc) is 2.56. The lowest BCUT2D eigenvalue weighted by atomic mass is 10.1. The van der Waals surface area contributed by atoms with E-state index in [2.05, 4.69) is 37.5 Å². The van der Waals surface area contributed by atoms with Gasteiger partial charge in [-0.05, 0) is 42.2 Å². The number of thiocarbonyl (C=S) groups is 1. The van der Waals surface area contributed by atoms with Gasteiger partial charge in [-0.3, -0.25) is 0 Å². The molecular formula is C19H22S2. The molecule has 0 amide bonds. The SMILES string of the molecule is C=C=C(C)c1ccccc1.CCSC(=S)C1=CCCC=C1. The summed E-state index contributed by atoms with van der Waals surface area (Å²) in [5.41, 5.74) is 6.39. The van der Waals surface area contributed by atoms with E-state index in [9.17, 15) is 0 Å². The van der Waals surface area contributed by atoms with Crippen LogP contribution in [0, 0.1) is 0 Å². The van der Waals surface area contributed by atoms with E-state index >= 15 is 0 Å². The molecular weight excluding hydrogens is 292 g/mol. The highest BCUT2D eigenvalue weighted by molar-refractivity contribution is 8.23. The topological polar surface area (TPSA) is 0 Å². The van der Waals surface area contributed by atoms with Crippen LogP contribution in [0.5, 0.6) is 0 Å². The van der Waals surface area contributed by atoms with Crippen LogP contribution in [0.3, 0.4) is 0 Å².